The van der Waals surface area contributed by atoms with E-state index in [1.54, 1.807) is 29.7 Å². The van der Waals surface area contributed by atoms with E-state index in [-0.39, 0.29) is 0 Å². The number of aromatic nitrogens is 4. The number of nitrogens with one attached hydrogen (secondary N) is 2. The molecule has 1 saturated heterocycles. The predicted octanol–water partition coefficient (Wildman–Crippen LogP) is 2.78. The van der Waals surface area contributed by atoms with Gasteiger partial charge in [0.1, 0.15) is 5.69 Å². The van der Waals surface area contributed by atoms with Gasteiger partial charge in [-0.05, 0) is 37.6 Å². The van der Waals surface area contributed by atoms with Gasteiger partial charge in [0.2, 0.25) is 11.9 Å². The first-order valence-electron chi connectivity index (χ1n) is 9.85. The molecular formula is C21H21N7OS. The van der Waals surface area contributed by atoms with Crippen molar-refractivity contribution in [2.24, 2.45) is 5.73 Å². The van der Waals surface area contributed by atoms with E-state index in [1.165, 1.54) is 0 Å². The Hall–Kier alpha value is -3.30. The Morgan fingerprint density at radius 2 is 2.23 bits per heavy atom. The van der Waals surface area contributed by atoms with Crippen LogP contribution in [0.5, 0.6) is 0 Å². The third kappa shape index (κ3) is 3.53. The van der Waals surface area contributed by atoms with Crippen LogP contribution < -0.4 is 16.4 Å². The van der Waals surface area contributed by atoms with Crippen molar-refractivity contribution in [3.63, 3.8) is 0 Å². The molecule has 1 aliphatic rings. The van der Waals surface area contributed by atoms with Gasteiger partial charge in [-0.1, -0.05) is 12.1 Å². The summed E-state index contributed by atoms with van der Waals surface area (Å²) in [7, 11) is 0. The van der Waals surface area contributed by atoms with E-state index < -0.39 is 5.91 Å². The number of fused-ring (bicyclic) bond motifs is 1. The topological polar surface area (TPSA) is 110 Å². The zero-order valence-electron chi connectivity index (χ0n) is 16.2. The maximum absolute atomic E-state index is 11.7. The molecule has 30 heavy (non-hydrogen) atoms. The molecule has 152 valence electrons. The number of carbonyl (C=O) groups excluding carboxylic acids is 1. The lowest BCUT2D eigenvalue weighted by molar-refractivity contribution is 0.100. The van der Waals surface area contributed by atoms with Crippen LogP contribution >= 0.6 is 11.3 Å². The second kappa shape index (κ2) is 7.85. The monoisotopic (exact) mass is 419 g/mol. The Morgan fingerprint density at radius 3 is 3.07 bits per heavy atom. The summed E-state index contributed by atoms with van der Waals surface area (Å²) in [6, 6.07) is 9.41. The van der Waals surface area contributed by atoms with Gasteiger partial charge in [-0.25, -0.2) is 15.0 Å². The SMILES string of the molecule is NC(=O)c1cccc(-c2nc3sccn3c2-c2ccnc(N[C@@H]3CCCNC3)n2)c1. The quantitative estimate of drug-likeness (QED) is 0.459. The van der Waals surface area contributed by atoms with Crippen molar-refractivity contribution in [1.82, 2.24) is 24.7 Å². The van der Waals surface area contributed by atoms with Crippen LogP contribution in [-0.2, 0) is 0 Å². The maximum Gasteiger partial charge on any atom is 0.248 e. The number of nitrogens with two attached hydrogens (primary N) is 1. The summed E-state index contributed by atoms with van der Waals surface area (Å²) < 4.78 is 2.02. The smallest absolute Gasteiger partial charge is 0.248 e. The van der Waals surface area contributed by atoms with Crippen LogP contribution in [0, 0.1) is 0 Å². The lowest BCUT2D eigenvalue weighted by Gasteiger charge is -2.23. The van der Waals surface area contributed by atoms with Gasteiger partial charge < -0.3 is 16.4 Å². The molecule has 1 aromatic carbocycles. The molecule has 8 nitrogen and oxygen atoms in total. The van der Waals surface area contributed by atoms with Gasteiger partial charge in [0.25, 0.3) is 0 Å². The molecule has 0 saturated carbocycles. The van der Waals surface area contributed by atoms with Crippen molar-refractivity contribution in [3.05, 3.63) is 53.7 Å². The van der Waals surface area contributed by atoms with Gasteiger partial charge in [0, 0.05) is 41.5 Å². The first kappa shape index (κ1) is 18.7. The average molecular weight is 420 g/mol. The number of hydrogen-bond donors (Lipinski definition) is 3. The van der Waals surface area contributed by atoms with E-state index in [4.69, 9.17) is 15.7 Å². The minimum Gasteiger partial charge on any atom is -0.366 e. The van der Waals surface area contributed by atoms with Crippen LogP contribution in [0.4, 0.5) is 5.95 Å². The van der Waals surface area contributed by atoms with Gasteiger partial charge in [0.05, 0.1) is 11.4 Å². The van der Waals surface area contributed by atoms with Gasteiger partial charge in [-0.15, -0.1) is 11.3 Å². The summed E-state index contributed by atoms with van der Waals surface area (Å²) in [4.78, 5) is 26.5. The highest BCUT2D eigenvalue weighted by Crippen LogP contribution is 2.34. The van der Waals surface area contributed by atoms with Crippen molar-refractivity contribution in [3.8, 4) is 22.6 Å². The second-order valence-corrected chi connectivity index (χ2v) is 8.14. The zero-order valence-corrected chi connectivity index (χ0v) is 17.0. The van der Waals surface area contributed by atoms with Crippen LogP contribution in [0.1, 0.15) is 23.2 Å². The van der Waals surface area contributed by atoms with Crippen molar-refractivity contribution >= 4 is 28.2 Å². The molecule has 0 radical (unpaired) electrons. The van der Waals surface area contributed by atoms with E-state index >= 15 is 0 Å². The minimum absolute atomic E-state index is 0.312. The Kier molecular flexibility index (Phi) is 4.89. The highest BCUT2D eigenvalue weighted by molar-refractivity contribution is 7.15. The van der Waals surface area contributed by atoms with Crippen LogP contribution in [0.15, 0.2) is 48.1 Å². The third-order valence-corrected chi connectivity index (χ3v) is 5.97. The van der Waals surface area contributed by atoms with Crippen LogP contribution in [0.2, 0.25) is 0 Å². The highest BCUT2D eigenvalue weighted by atomic mass is 32.1. The summed E-state index contributed by atoms with van der Waals surface area (Å²) in [5.41, 5.74) is 9.13. The fourth-order valence-corrected chi connectivity index (χ4v) is 4.48. The Labute approximate surface area is 177 Å². The van der Waals surface area contributed by atoms with Crippen molar-refractivity contribution < 1.29 is 4.79 Å². The fourth-order valence-electron chi connectivity index (χ4n) is 3.77. The average Bonchev–Trinajstić information content (AvgIpc) is 3.36. The molecule has 4 N–H and O–H groups in total. The van der Waals surface area contributed by atoms with Crippen molar-refractivity contribution in [2.45, 2.75) is 18.9 Å². The molecule has 4 heterocycles. The van der Waals surface area contributed by atoms with E-state index in [9.17, 15) is 4.79 Å². The van der Waals surface area contributed by atoms with Gasteiger partial charge >= 0.3 is 0 Å². The minimum atomic E-state index is -0.464. The molecule has 0 bridgehead atoms. The molecular weight excluding hydrogens is 398 g/mol. The number of primary amides is 1. The van der Waals surface area contributed by atoms with Crippen LogP contribution in [-0.4, -0.2) is 44.4 Å². The van der Waals surface area contributed by atoms with E-state index in [0.29, 0.717) is 17.6 Å². The fraction of sp³-hybridized carbons (Fsp3) is 0.238. The number of amides is 1. The van der Waals surface area contributed by atoms with Crippen LogP contribution in [0.25, 0.3) is 27.6 Å². The summed E-state index contributed by atoms with van der Waals surface area (Å²) in [6.45, 7) is 1.96. The molecule has 0 aliphatic carbocycles. The second-order valence-electron chi connectivity index (χ2n) is 7.26. The lowest BCUT2D eigenvalue weighted by Crippen LogP contribution is -2.38. The van der Waals surface area contributed by atoms with Gasteiger partial charge in [-0.3, -0.25) is 9.20 Å². The van der Waals surface area contributed by atoms with Crippen LogP contribution in [0.3, 0.4) is 0 Å². The summed E-state index contributed by atoms with van der Waals surface area (Å²) in [5, 5.41) is 8.82. The molecule has 0 spiro atoms. The largest absolute Gasteiger partial charge is 0.366 e. The number of rotatable bonds is 5. The first-order valence-corrected chi connectivity index (χ1v) is 10.7. The number of benzene rings is 1. The first-order chi connectivity index (χ1) is 14.7. The number of imidazole rings is 1. The number of piperidine rings is 1. The summed E-state index contributed by atoms with van der Waals surface area (Å²) in [6.07, 6.45) is 5.96. The van der Waals surface area contributed by atoms with Gasteiger partial charge in [-0.2, -0.15) is 0 Å². The number of carbonyl (C=O) groups is 1. The zero-order chi connectivity index (χ0) is 20.5. The third-order valence-electron chi connectivity index (χ3n) is 5.21. The summed E-state index contributed by atoms with van der Waals surface area (Å²) in [5.74, 6) is 0.136. The number of hydrogen-bond acceptors (Lipinski definition) is 7. The lowest BCUT2D eigenvalue weighted by atomic mass is 10.0. The van der Waals surface area contributed by atoms with Gasteiger partial charge in [0.15, 0.2) is 4.96 Å². The molecule has 1 fully saturated rings. The molecule has 9 heteroatoms. The van der Waals surface area contributed by atoms with Crippen molar-refractivity contribution in [2.75, 3.05) is 18.4 Å². The number of nitrogens with zero attached hydrogens (tertiary/aromatic N) is 4. The number of thiazole rings is 1. The Balaban J connectivity index is 1.58. The molecule has 3 aromatic heterocycles. The molecule has 1 atom stereocenters. The standard InChI is InChI=1S/C21H21N7OS/c22-19(29)14-4-1-3-13(11-14)17-18(28-9-10-30-21(28)27-17)16-6-8-24-20(26-16)25-15-5-2-7-23-12-15/h1,3-4,6,8-11,15,23H,2,5,7,12H2,(H2,22,29)(H,24,25,26)/t15-/m1/s1. The normalized spacial score (nSPS) is 16.6. The van der Waals surface area contributed by atoms with Crippen molar-refractivity contribution in [1.29, 1.82) is 0 Å². The Bertz CT molecular complexity index is 1210. The highest BCUT2D eigenvalue weighted by Gasteiger charge is 2.20. The predicted molar refractivity (Wildman–Crippen MR) is 118 cm³/mol. The molecule has 5 rings (SSSR count). The van der Waals surface area contributed by atoms with E-state index in [0.717, 1.165) is 53.5 Å². The molecule has 4 aromatic rings. The molecule has 1 amide bonds. The summed E-state index contributed by atoms with van der Waals surface area (Å²) >= 11 is 1.55. The number of anilines is 1. The molecule has 0 unspecified atom stereocenters. The maximum atomic E-state index is 11.7. The Morgan fingerprint density at radius 1 is 1.30 bits per heavy atom. The van der Waals surface area contributed by atoms with E-state index in [2.05, 4.69) is 15.6 Å². The van der Waals surface area contributed by atoms with E-state index in [1.807, 2.05) is 34.2 Å². The molecule has 1 aliphatic heterocycles.